The van der Waals surface area contributed by atoms with Gasteiger partial charge in [0, 0.05) is 44.3 Å². The number of carbonyl (C=O) groups is 2. The number of nitrogens with one attached hydrogen (secondary N) is 2. The van der Waals surface area contributed by atoms with Gasteiger partial charge in [-0.05, 0) is 49.3 Å². The van der Waals surface area contributed by atoms with Gasteiger partial charge in [0.2, 0.25) is 5.91 Å². The molecular weight excluding hydrogens is 354 g/mol. The molecule has 1 atom stereocenters. The van der Waals surface area contributed by atoms with Crippen LogP contribution in [0.5, 0.6) is 0 Å². The lowest BCUT2D eigenvalue weighted by Crippen LogP contribution is -2.44. The van der Waals surface area contributed by atoms with Crippen molar-refractivity contribution in [2.24, 2.45) is 11.8 Å². The molecule has 1 unspecified atom stereocenters. The first-order valence-electron chi connectivity index (χ1n) is 10.5. The molecule has 0 aromatic heterocycles. The zero-order valence-electron chi connectivity index (χ0n) is 17.1. The maximum Gasteiger partial charge on any atom is 0.308 e. The van der Waals surface area contributed by atoms with E-state index in [1.54, 1.807) is 0 Å². The molecule has 6 nitrogen and oxygen atoms in total. The molecule has 3 rings (SSSR count). The van der Waals surface area contributed by atoms with Crippen molar-refractivity contribution in [2.45, 2.75) is 38.5 Å². The van der Waals surface area contributed by atoms with Crippen LogP contribution in [0.2, 0.25) is 0 Å². The van der Waals surface area contributed by atoms with Crippen molar-refractivity contribution in [1.29, 1.82) is 0 Å². The number of piperazine rings is 1. The lowest BCUT2D eigenvalue weighted by molar-refractivity contribution is -0.147. The molecule has 1 heterocycles. The van der Waals surface area contributed by atoms with E-state index in [-0.39, 0.29) is 23.7 Å². The summed E-state index contributed by atoms with van der Waals surface area (Å²) in [7, 11) is 1.43. The second-order valence-corrected chi connectivity index (χ2v) is 8.13. The molecule has 1 aliphatic heterocycles. The van der Waals surface area contributed by atoms with Crippen LogP contribution in [0.4, 0.5) is 5.69 Å². The normalized spacial score (nSPS) is 24.4. The average Bonchev–Trinajstić information content (AvgIpc) is 2.74. The third-order valence-corrected chi connectivity index (χ3v) is 6.12. The minimum Gasteiger partial charge on any atom is -0.469 e. The van der Waals surface area contributed by atoms with Crippen molar-refractivity contribution in [1.82, 2.24) is 10.2 Å². The van der Waals surface area contributed by atoms with E-state index >= 15 is 0 Å². The van der Waals surface area contributed by atoms with Gasteiger partial charge in [-0.1, -0.05) is 19.1 Å². The first kappa shape index (κ1) is 20.8. The van der Waals surface area contributed by atoms with E-state index in [2.05, 4.69) is 34.6 Å². The number of hydrogen-bond acceptors (Lipinski definition) is 5. The van der Waals surface area contributed by atoms with E-state index in [9.17, 15) is 9.59 Å². The summed E-state index contributed by atoms with van der Waals surface area (Å²) in [4.78, 5) is 26.7. The highest BCUT2D eigenvalue weighted by molar-refractivity contribution is 5.92. The van der Waals surface area contributed by atoms with Crippen molar-refractivity contribution in [3.8, 4) is 0 Å². The lowest BCUT2D eigenvalue weighted by Gasteiger charge is -2.29. The summed E-state index contributed by atoms with van der Waals surface area (Å²) in [5.41, 5.74) is 2.15. The fourth-order valence-electron chi connectivity index (χ4n) is 4.28. The Morgan fingerprint density at radius 2 is 1.71 bits per heavy atom. The van der Waals surface area contributed by atoms with Gasteiger partial charge in [0.1, 0.15) is 0 Å². The first-order chi connectivity index (χ1) is 13.6. The van der Waals surface area contributed by atoms with Crippen molar-refractivity contribution in [2.75, 3.05) is 45.2 Å². The highest BCUT2D eigenvalue weighted by atomic mass is 16.5. The number of ether oxygens (including phenoxy) is 1. The van der Waals surface area contributed by atoms with E-state index in [0.717, 1.165) is 64.1 Å². The molecule has 1 aromatic carbocycles. The summed E-state index contributed by atoms with van der Waals surface area (Å²) in [5, 5.41) is 6.43. The Labute approximate surface area is 168 Å². The maximum absolute atomic E-state index is 12.6. The van der Waals surface area contributed by atoms with E-state index in [0.29, 0.717) is 5.92 Å². The molecule has 2 aliphatic rings. The fourth-order valence-corrected chi connectivity index (χ4v) is 4.28. The summed E-state index contributed by atoms with van der Waals surface area (Å²) < 4.78 is 4.81. The smallest absolute Gasteiger partial charge is 0.308 e. The number of hydrogen-bond donors (Lipinski definition) is 2. The van der Waals surface area contributed by atoms with Gasteiger partial charge in [-0.3, -0.25) is 9.59 Å². The number of amides is 1. The highest BCUT2D eigenvalue weighted by Crippen LogP contribution is 2.30. The Hall–Kier alpha value is -1.92. The van der Waals surface area contributed by atoms with E-state index in [1.165, 1.54) is 12.7 Å². The van der Waals surface area contributed by atoms with E-state index in [4.69, 9.17) is 4.74 Å². The summed E-state index contributed by atoms with van der Waals surface area (Å²) >= 11 is 0. The second-order valence-electron chi connectivity index (χ2n) is 8.13. The van der Waals surface area contributed by atoms with Crippen LogP contribution in [0.1, 0.15) is 44.1 Å². The minimum absolute atomic E-state index is 0.0211. The Morgan fingerprint density at radius 1 is 1.11 bits per heavy atom. The molecule has 28 heavy (non-hydrogen) atoms. The number of methoxy groups -OCH3 is 1. The van der Waals surface area contributed by atoms with Gasteiger partial charge in [0.25, 0.3) is 0 Å². The summed E-state index contributed by atoms with van der Waals surface area (Å²) in [6.45, 7) is 7.68. The number of nitrogens with zero attached hydrogens (tertiary/aromatic N) is 1. The predicted octanol–water partition coefficient (Wildman–Crippen LogP) is 2.61. The average molecular weight is 388 g/mol. The zero-order chi connectivity index (χ0) is 19.9. The molecular formula is C22H33N3O3. The van der Waals surface area contributed by atoms with Gasteiger partial charge in [-0.25, -0.2) is 0 Å². The van der Waals surface area contributed by atoms with Gasteiger partial charge < -0.3 is 20.3 Å². The largest absolute Gasteiger partial charge is 0.469 e. The summed E-state index contributed by atoms with van der Waals surface area (Å²) in [5.74, 6) is 0.309. The number of carbonyl (C=O) groups excluding carboxylic acids is 2. The zero-order valence-corrected chi connectivity index (χ0v) is 17.1. The first-order valence-corrected chi connectivity index (χ1v) is 10.5. The van der Waals surface area contributed by atoms with Gasteiger partial charge in [0.05, 0.1) is 13.0 Å². The molecule has 1 saturated carbocycles. The Kier molecular flexibility index (Phi) is 7.45. The quantitative estimate of drug-likeness (QED) is 0.735. The molecule has 154 valence electrons. The summed E-state index contributed by atoms with van der Waals surface area (Å²) in [6, 6.07) is 8.25. The molecule has 0 radical (unpaired) electrons. The maximum atomic E-state index is 12.6. The van der Waals surface area contributed by atoms with Crippen molar-refractivity contribution >= 4 is 17.6 Å². The van der Waals surface area contributed by atoms with E-state index < -0.39 is 0 Å². The van der Waals surface area contributed by atoms with Crippen molar-refractivity contribution in [3.05, 3.63) is 29.8 Å². The van der Waals surface area contributed by atoms with Crippen LogP contribution in [-0.4, -0.2) is 56.6 Å². The third kappa shape index (κ3) is 5.55. The standard InChI is InChI=1S/C22H33N3O3/c1-16(15-25-13-11-23-12-14-25)17-7-9-20(10-8-17)24-21(26)18-3-5-19(6-4-18)22(27)28-2/h7-10,16,18-19,23H,3-6,11-15H2,1-2H3,(H,24,26). The number of benzene rings is 1. The second kappa shape index (κ2) is 10.0. The molecule has 2 fully saturated rings. The van der Waals surface area contributed by atoms with Crippen molar-refractivity contribution < 1.29 is 14.3 Å². The van der Waals surface area contributed by atoms with Crippen LogP contribution in [0.15, 0.2) is 24.3 Å². The minimum atomic E-state index is -0.149. The van der Waals surface area contributed by atoms with E-state index in [1.807, 2.05) is 12.1 Å². The molecule has 1 amide bonds. The molecule has 1 aromatic rings. The third-order valence-electron chi connectivity index (χ3n) is 6.12. The molecule has 1 saturated heterocycles. The van der Waals surface area contributed by atoms with Crippen LogP contribution in [0, 0.1) is 11.8 Å². The monoisotopic (exact) mass is 387 g/mol. The van der Waals surface area contributed by atoms with Gasteiger partial charge >= 0.3 is 5.97 Å². The molecule has 0 spiro atoms. The lowest BCUT2D eigenvalue weighted by atomic mass is 9.81. The topological polar surface area (TPSA) is 70.7 Å². The Bertz CT molecular complexity index is 647. The van der Waals surface area contributed by atoms with Crippen LogP contribution < -0.4 is 10.6 Å². The Balaban J connectivity index is 1.47. The van der Waals surface area contributed by atoms with Gasteiger partial charge in [0.15, 0.2) is 0 Å². The van der Waals surface area contributed by atoms with Crippen LogP contribution in [0.25, 0.3) is 0 Å². The Morgan fingerprint density at radius 3 is 2.32 bits per heavy atom. The molecule has 1 aliphatic carbocycles. The molecule has 0 bridgehead atoms. The SMILES string of the molecule is COC(=O)C1CCC(C(=O)Nc2ccc(C(C)CN3CCNCC3)cc2)CC1. The van der Waals surface area contributed by atoms with Crippen LogP contribution >= 0.6 is 0 Å². The van der Waals surface area contributed by atoms with Crippen molar-refractivity contribution in [3.63, 3.8) is 0 Å². The number of anilines is 1. The van der Waals surface area contributed by atoms with Crippen LogP contribution in [-0.2, 0) is 14.3 Å². The van der Waals surface area contributed by atoms with Gasteiger partial charge in [-0.15, -0.1) is 0 Å². The molecule has 2 N–H and O–H groups in total. The van der Waals surface area contributed by atoms with Crippen LogP contribution in [0.3, 0.4) is 0 Å². The molecule has 6 heteroatoms. The highest BCUT2D eigenvalue weighted by Gasteiger charge is 2.30. The number of esters is 1. The van der Waals surface area contributed by atoms with Gasteiger partial charge in [-0.2, -0.15) is 0 Å². The number of rotatable bonds is 6. The summed E-state index contributed by atoms with van der Waals surface area (Å²) in [6.07, 6.45) is 2.94. The fraction of sp³-hybridized carbons (Fsp3) is 0.636. The predicted molar refractivity (Wildman–Crippen MR) is 110 cm³/mol.